The molecule has 0 saturated carbocycles. The molecule has 0 fully saturated rings. The van der Waals surface area contributed by atoms with Crippen molar-refractivity contribution in [3.63, 3.8) is 0 Å². The molecule has 0 amide bonds. The number of rotatable bonds is 6. The van der Waals surface area contributed by atoms with Crippen LogP contribution in [0.15, 0.2) is 22.6 Å². The Balaban J connectivity index is 1.91. The zero-order valence-electron chi connectivity index (χ0n) is 10.00. The molecule has 0 aliphatic heterocycles. The van der Waals surface area contributed by atoms with E-state index in [0.29, 0.717) is 0 Å². The highest BCUT2D eigenvalue weighted by Crippen LogP contribution is 2.20. The van der Waals surface area contributed by atoms with Gasteiger partial charge in [-0.25, -0.2) is 4.98 Å². The van der Waals surface area contributed by atoms with E-state index in [-0.39, 0.29) is 5.56 Å². The lowest BCUT2D eigenvalue weighted by molar-refractivity contribution is 0.817. The highest BCUT2D eigenvalue weighted by molar-refractivity contribution is 7.99. The monoisotopic (exact) mass is 250 g/mol. The van der Waals surface area contributed by atoms with Crippen molar-refractivity contribution in [1.82, 2.24) is 9.97 Å². The highest BCUT2D eigenvalue weighted by Gasteiger charge is 2.16. The van der Waals surface area contributed by atoms with E-state index in [9.17, 15) is 4.79 Å². The van der Waals surface area contributed by atoms with E-state index in [1.807, 2.05) is 6.08 Å². The molecule has 1 aliphatic rings. The van der Waals surface area contributed by atoms with E-state index in [2.05, 4.69) is 16.5 Å². The first kappa shape index (κ1) is 12.4. The van der Waals surface area contributed by atoms with Gasteiger partial charge in [-0.3, -0.25) is 4.79 Å². The lowest BCUT2D eigenvalue weighted by Crippen LogP contribution is -2.14. The number of hydrogen-bond acceptors (Lipinski definition) is 3. The van der Waals surface area contributed by atoms with Crippen LogP contribution in [-0.2, 0) is 12.8 Å². The third-order valence-corrected chi connectivity index (χ3v) is 3.92. The summed E-state index contributed by atoms with van der Waals surface area (Å²) in [4.78, 5) is 19.1. The van der Waals surface area contributed by atoms with Crippen LogP contribution >= 0.6 is 11.8 Å². The minimum absolute atomic E-state index is 0.0705. The second kappa shape index (κ2) is 6.05. The molecule has 0 bridgehead atoms. The predicted molar refractivity (Wildman–Crippen MR) is 71.7 cm³/mol. The van der Waals surface area contributed by atoms with Crippen molar-refractivity contribution in [2.45, 2.75) is 43.7 Å². The van der Waals surface area contributed by atoms with Gasteiger partial charge in [-0.1, -0.05) is 17.8 Å². The SMILES string of the molecule is C=CCCCCSc1nc2c(c(=O)[nH]1)CCC2. The number of thioether (sulfide) groups is 1. The highest BCUT2D eigenvalue weighted by atomic mass is 32.2. The average molecular weight is 250 g/mol. The maximum atomic E-state index is 11.7. The Kier molecular flexibility index (Phi) is 4.42. The zero-order valence-corrected chi connectivity index (χ0v) is 10.8. The van der Waals surface area contributed by atoms with Gasteiger partial charge in [-0.2, -0.15) is 0 Å². The van der Waals surface area contributed by atoms with Crippen LogP contribution in [-0.4, -0.2) is 15.7 Å². The van der Waals surface area contributed by atoms with Crippen molar-refractivity contribution >= 4 is 11.8 Å². The lowest BCUT2D eigenvalue weighted by atomic mass is 10.2. The fraction of sp³-hybridized carbons (Fsp3) is 0.538. The van der Waals surface area contributed by atoms with E-state index in [1.165, 1.54) is 0 Å². The summed E-state index contributed by atoms with van der Waals surface area (Å²) >= 11 is 1.65. The minimum atomic E-state index is 0.0705. The largest absolute Gasteiger partial charge is 0.301 e. The van der Waals surface area contributed by atoms with Gasteiger partial charge in [0.25, 0.3) is 5.56 Å². The number of aromatic nitrogens is 2. The van der Waals surface area contributed by atoms with Crippen LogP contribution in [0.5, 0.6) is 0 Å². The van der Waals surface area contributed by atoms with Crippen molar-refractivity contribution < 1.29 is 0 Å². The Morgan fingerprint density at radius 3 is 3.12 bits per heavy atom. The molecule has 1 aliphatic carbocycles. The second-order valence-electron chi connectivity index (χ2n) is 4.28. The fourth-order valence-corrected chi connectivity index (χ4v) is 2.93. The summed E-state index contributed by atoms with van der Waals surface area (Å²) in [6, 6.07) is 0. The van der Waals surface area contributed by atoms with Crippen molar-refractivity contribution in [2.24, 2.45) is 0 Å². The van der Waals surface area contributed by atoms with Gasteiger partial charge in [-0.15, -0.1) is 6.58 Å². The number of nitrogens with one attached hydrogen (secondary N) is 1. The third kappa shape index (κ3) is 3.22. The second-order valence-corrected chi connectivity index (χ2v) is 5.37. The van der Waals surface area contributed by atoms with Gasteiger partial charge < -0.3 is 4.98 Å². The normalized spacial score (nSPS) is 13.6. The van der Waals surface area contributed by atoms with Gasteiger partial charge in [0.1, 0.15) is 0 Å². The Labute approximate surface area is 106 Å². The van der Waals surface area contributed by atoms with Gasteiger partial charge in [0, 0.05) is 11.3 Å². The van der Waals surface area contributed by atoms with E-state index >= 15 is 0 Å². The number of unbranched alkanes of at least 4 members (excludes halogenated alkanes) is 2. The topological polar surface area (TPSA) is 45.8 Å². The molecule has 1 aromatic rings. The Bertz CT molecular complexity index is 453. The van der Waals surface area contributed by atoms with Crippen LogP contribution in [0.2, 0.25) is 0 Å². The maximum Gasteiger partial charge on any atom is 0.254 e. The molecular formula is C13H18N2OS. The third-order valence-electron chi connectivity index (χ3n) is 2.96. The molecule has 0 radical (unpaired) electrons. The van der Waals surface area contributed by atoms with Crippen LogP contribution in [0.3, 0.4) is 0 Å². The number of aryl methyl sites for hydroxylation is 1. The van der Waals surface area contributed by atoms with Crippen LogP contribution in [0.4, 0.5) is 0 Å². The summed E-state index contributed by atoms with van der Waals surface area (Å²) in [5.74, 6) is 1.01. The lowest BCUT2D eigenvalue weighted by Gasteiger charge is -2.03. The van der Waals surface area contributed by atoms with Crippen LogP contribution in [0, 0.1) is 0 Å². The summed E-state index contributed by atoms with van der Waals surface area (Å²) in [5, 5.41) is 0.786. The molecule has 0 spiro atoms. The Morgan fingerprint density at radius 2 is 2.29 bits per heavy atom. The first-order valence-electron chi connectivity index (χ1n) is 6.17. The molecule has 0 aromatic carbocycles. The summed E-state index contributed by atoms with van der Waals surface area (Å²) < 4.78 is 0. The smallest absolute Gasteiger partial charge is 0.254 e. The Morgan fingerprint density at radius 1 is 1.41 bits per heavy atom. The standard InChI is InChI=1S/C13H18N2OS/c1-2-3-4-5-9-17-13-14-11-8-6-7-10(11)12(16)15-13/h2H,1,3-9H2,(H,14,15,16). The van der Waals surface area contributed by atoms with E-state index in [4.69, 9.17) is 0 Å². The van der Waals surface area contributed by atoms with Gasteiger partial charge in [0.15, 0.2) is 5.16 Å². The van der Waals surface area contributed by atoms with Gasteiger partial charge in [-0.05, 0) is 38.5 Å². The van der Waals surface area contributed by atoms with Crippen molar-refractivity contribution in [2.75, 3.05) is 5.75 Å². The molecule has 3 nitrogen and oxygen atoms in total. The van der Waals surface area contributed by atoms with Gasteiger partial charge in [0.05, 0.1) is 5.69 Å². The number of nitrogens with zero attached hydrogens (tertiary/aromatic N) is 1. The van der Waals surface area contributed by atoms with Crippen molar-refractivity contribution in [3.05, 3.63) is 34.3 Å². The van der Waals surface area contributed by atoms with Crippen molar-refractivity contribution in [3.8, 4) is 0 Å². The van der Waals surface area contributed by atoms with E-state index in [1.54, 1.807) is 11.8 Å². The van der Waals surface area contributed by atoms with Crippen LogP contribution in [0.25, 0.3) is 0 Å². The molecule has 17 heavy (non-hydrogen) atoms. The van der Waals surface area contributed by atoms with E-state index in [0.717, 1.165) is 60.7 Å². The minimum Gasteiger partial charge on any atom is -0.301 e. The van der Waals surface area contributed by atoms with Crippen LogP contribution < -0.4 is 5.56 Å². The molecule has 1 N–H and O–H groups in total. The number of fused-ring (bicyclic) bond motifs is 1. The average Bonchev–Trinajstić information content (AvgIpc) is 2.77. The molecule has 4 heteroatoms. The summed E-state index contributed by atoms with van der Waals surface area (Å²) in [5.41, 5.74) is 1.99. The summed E-state index contributed by atoms with van der Waals surface area (Å²) in [6.07, 6.45) is 8.22. The van der Waals surface area contributed by atoms with Crippen molar-refractivity contribution in [1.29, 1.82) is 0 Å². The maximum absolute atomic E-state index is 11.7. The molecule has 2 rings (SSSR count). The molecule has 0 saturated heterocycles. The number of H-pyrrole nitrogens is 1. The fourth-order valence-electron chi connectivity index (χ4n) is 2.05. The van der Waals surface area contributed by atoms with Gasteiger partial charge in [0.2, 0.25) is 0 Å². The predicted octanol–water partition coefficient (Wildman–Crippen LogP) is 2.71. The summed E-state index contributed by atoms with van der Waals surface area (Å²) in [6.45, 7) is 3.70. The van der Waals surface area contributed by atoms with Gasteiger partial charge >= 0.3 is 0 Å². The molecule has 92 valence electrons. The zero-order chi connectivity index (χ0) is 12.1. The summed E-state index contributed by atoms with van der Waals surface area (Å²) in [7, 11) is 0. The molecular weight excluding hydrogens is 232 g/mol. The molecule has 1 aromatic heterocycles. The molecule has 0 atom stereocenters. The van der Waals surface area contributed by atoms with Crippen LogP contribution in [0.1, 0.15) is 36.9 Å². The quantitative estimate of drug-likeness (QED) is 0.365. The Hall–Kier alpha value is -1.03. The number of aromatic amines is 1. The first-order chi connectivity index (χ1) is 8.31. The number of hydrogen-bond donors (Lipinski definition) is 1. The molecule has 1 heterocycles. The first-order valence-corrected chi connectivity index (χ1v) is 7.15. The molecule has 0 unspecified atom stereocenters. The number of allylic oxidation sites excluding steroid dienone is 1. The van der Waals surface area contributed by atoms with E-state index < -0.39 is 0 Å².